The van der Waals surface area contributed by atoms with Gasteiger partial charge in [-0.25, -0.2) is 0 Å². The third-order valence-electron chi connectivity index (χ3n) is 3.30. The first-order valence-corrected chi connectivity index (χ1v) is 6.00. The fraction of sp³-hybridized carbons (Fsp3) is 0.571. The van der Waals surface area contributed by atoms with E-state index in [9.17, 15) is 0 Å². The monoisotopic (exact) mass is 203 g/mol. The number of benzene rings is 1. The van der Waals surface area contributed by atoms with Crippen LogP contribution in [0.5, 0.6) is 0 Å². The molecule has 1 heteroatoms. The van der Waals surface area contributed by atoms with Crippen molar-refractivity contribution in [2.45, 2.75) is 46.0 Å². The van der Waals surface area contributed by atoms with E-state index in [1.165, 1.54) is 23.2 Å². The molecule has 0 saturated carbocycles. The van der Waals surface area contributed by atoms with Crippen LogP contribution in [0.25, 0.3) is 0 Å². The average molecular weight is 203 g/mol. The SMILES string of the molecule is CC(C)c1ccc(C(C)C)c2c1CCN2. The Morgan fingerprint density at radius 2 is 1.60 bits per heavy atom. The molecule has 0 amide bonds. The molecule has 0 radical (unpaired) electrons. The van der Waals surface area contributed by atoms with E-state index in [-0.39, 0.29) is 0 Å². The van der Waals surface area contributed by atoms with E-state index in [0.717, 1.165) is 6.54 Å². The highest BCUT2D eigenvalue weighted by molar-refractivity contribution is 5.65. The van der Waals surface area contributed by atoms with E-state index in [0.29, 0.717) is 11.8 Å². The highest BCUT2D eigenvalue weighted by Gasteiger charge is 2.20. The van der Waals surface area contributed by atoms with Crippen molar-refractivity contribution in [3.05, 3.63) is 28.8 Å². The zero-order valence-corrected chi connectivity index (χ0v) is 10.2. The van der Waals surface area contributed by atoms with Gasteiger partial charge in [-0.3, -0.25) is 0 Å². The van der Waals surface area contributed by atoms with Crippen molar-refractivity contribution in [3.63, 3.8) is 0 Å². The first-order valence-electron chi connectivity index (χ1n) is 6.00. The van der Waals surface area contributed by atoms with Crippen LogP contribution in [-0.2, 0) is 6.42 Å². The molecule has 15 heavy (non-hydrogen) atoms. The Kier molecular flexibility index (Phi) is 2.72. The summed E-state index contributed by atoms with van der Waals surface area (Å²) in [6.07, 6.45) is 1.20. The predicted octanol–water partition coefficient (Wildman–Crippen LogP) is 3.90. The molecule has 1 heterocycles. The van der Waals surface area contributed by atoms with Crippen LogP contribution >= 0.6 is 0 Å². The van der Waals surface area contributed by atoms with Crippen molar-refractivity contribution in [2.75, 3.05) is 11.9 Å². The number of rotatable bonds is 2. The van der Waals surface area contributed by atoms with E-state index in [1.807, 2.05) is 0 Å². The van der Waals surface area contributed by atoms with E-state index in [2.05, 4.69) is 45.1 Å². The van der Waals surface area contributed by atoms with Crippen molar-refractivity contribution >= 4 is 5.69 Å². The van der Waals surface area contributed by atoms with Gasteiger partial charge < -0.3 is 5.32 Å². The second-order valence-corrected chi connectivity index (χ2v) is 5.08. The highest BCUT2D eigenvalue weighted by Crippen LogP contribution is 2.36. The van der Waals surface area contributed by atoms with Gasteiger partial charge in [-0.15, -0.1) is 0 Å². The molecule has 0 fully saturated rings. The van der Waals surface area contributed by atoms with Gasteiger partial charge in [0.1, 0.15) is 0 Å². The van der Waals surface area contributed by atoms with Gasteiger partial charge >= 0.3 is 0 Å². The second kappa shape index (κ2) is 3.88. The normalized spacial score (nSPS) is 14.5. The molecule has 82 valence electrons. The fourth-order valence-corrected chi connectivity index (χ4v) is 2.49. The van der Waals surface area contributed by atoms with E-state index in [4.69, 9.17) is 0 Å². The molecular formula is C14H21N. The first kappa shape index (κ1) is 10.5. The van der Waals surface area contributed by atoms with Gasteiger partial charge in [0.25, 0.3) is 0 Å². The van der Waals surface area contributed by atoms with Crippen LogP contribution in [0.3, 0.4) is 0 Å². The minimum Gasteiger partial charge on any atom is -0.384 e. The van der Waals surface area contributed by atoms with Crippen molar-refractivity contribution < 1.29 is 0 Å². The van der Waals surface area contributed by atoms with Gasteiger partial charge in [0.15, 0.2) is 0 Å². The summed E-state index contributed by atoms with van der Waals surface area (Å²) < 4.78 is 0. The number of hydrogen-bond donors (Lipinski definition) is 1. The number of anilines is 1. The molecule has 0 bridgehead atoms. The standard InChI is InChI=1S/C14H21N/c1-9(2)11-5-6-12(10(3)4)14-13(11)7-8-15-14/h5-6,9-10,15H,7-8H2,1-4H3. The Bertz CT molecular complexity index is 329. The minimum atomic E-state index is 0.616. The average Bonchev–Trinajstić information content (AvgIpc) is 2.63. The van der Waals surface area contributed by atoms with Crippen LogP contribution in [0.2, 0.25) is 0 Å². The molecule has 0 atom stereocenters. The molecule has 2 rings (SSSR count). The molecule has 0 aliphatic carbocycles. The first-order chi connectivity index (χ1) is 7.11. The van der Waals surface area contributed by atoms with Gasteiger partial charge in [-0.05, 0) is 34.9 Å². The maximum atomic E-state index is 3.55. The molecule has 1 N–H and O–H groups in total. The lowest BCUT2D eigenvalue weighted by Gasteiger charge is -2.17. The van der Waals surface area contributed by atoms with Crippen molar-refractivity contribution in [3.8, 4) is 0 Å². The molecule has 1 aromatic rings. The van der Waals surface area contributed by atoms with Crippen LogP contribution in [0, 0.1) is 0 Å². The lowest BCUT2D eigenvalue weighted by molar-refractivity contribution is 0.836. The molecule has 1 aliphatic heterocycles. The molecule has 0 aromatic heterocycles. The van der Waals surface area contributed by atoms with Gasteiger partial charge in [0.05, 0.1) is 0 Å². The molecule has 0 unspecified atom stereocenters. The van der Waals surface area contributed by atoms with Gasteiger partial charge in [0.2, 0.25) is 0 Å². The molecule has 1 nitrogen and oxygen atoms in total. The number of hydrogen-bond acceptors (Lipinski definition) is 1. The van der Waals surface area contributed by atoms with Gasteiger partial charge in [-0.1, -0.05) is 39.8 Å². The predicted molar refractivity (Wildman–Crippen MR) is 66.8 cm³/mol. The summed E-state index contributed by atoms with van der Waals surface area (Å²) in [6, 6.07) is 4.63. The topological polar surface area (TPSA) is 12.0 Å². The van der Waals surface area contributed by atoms with Crippen LogP contribution in [0.15, 0.2) is 12.1 Å². The lowest BCUT2D eigenvalue weighted by Crippen LogP contribution is -1.99. The van der Waals surface area contributed by atoms with Crippen molar-refractivity contribution in [1.29, 1.82) is 0 Å². The maximum Gasteiger partial charge on any atom is 0.0411 e. The quantitative estimate of drug-likeness (QED) is 0.768. The summed E-state index contributed by atoms with van der Waals surface area (Å²) in [4.78, 5) is 0. The van der Waals surface area contributed by atoms with Gasteiger partial charge in [-0.2, -0.15) is 0 Å². The Morgan fingerprint density at radius 1 is 1.00 bits per heavy atom. The van der Waals surface area contributed by atoms with E-state index in [1.54, 1.807) is 5.56 Å². The summed E-state index contributed by atoms with van der Waals surface area (Å²) in [7, 11) is 0. The summed E-state index contributed by atoms with van der Waals surface area (Å²) >= 11 is 0. The summed E-state index contributed by atoms with van der Waals surface area (Å²) in [5, 5.41) is 3.55. The molecular weight excluding hydrogens is 182 g/mol. The summed E-state index contributed by atoms with van der Waals surface area (Å²) in [6.45, 7) is 10.2. The smallest absolute Gasteiger partial charge is 0.0411 e. The zero-order chi connectivity index (χ0) is 11.0. The molecule has 0 spiro atoms. The Hall–Kier alpha value is -0.980. The lowest BCUT2D eigenvalue weighted by atomic mass is 9.90. The summed E-state index contributed by atoms with van der Waals surface area (Å²) in [5.74, 6) is 1.26. The molecule has 1 aliphatic rings. The van der Waals surface area contributed by atoms with Crippen molar-refractivity contribution in [2.24, 2.45) is 0 Å². The van der Waals surface area contributed by atoms with Crippen molar-refractivity contribution in [1.82, 2.24) is 0 Å². The fourth-order valence-electron chi connectivity index (χ4n) is 2.49. The molecule has 1 aromatic carbocycles. The highest BCUT2D eigenvalue weighted by atomic mass is 14.9. The van der Waals surface area contributed by atoms with Crippen LogP contribution in [0.1, 0.15) is 56.2 Å². The largest absolute Gasteiger partial charge is 0.384 e. The number of fused-ring (bicyclic) bond motifs is 1. The van der Waals surface area contributed by atoms with Crippen LogP contribution < -0.4 is 5.32 Å². The third-order valence-corrected chi connectivity index (χ3v) is 3.30. The minimum absolute atomic E-state index is 0.616. The Morgan fingerprint density at radius 3 is 2.20 bits per heavy atom. The Labute approximate surface area is 92.9 Å². The Balaban J connectivity index is 2.54. The maximum absolute atomic E-state index is 3.55. The third kappa shape index (κ3) is 1.75. The number of nitrogens with one attached hydrogen (secondary N) is 1. The van der Waals surface area contributed by atoms with Crippen LogP contribution in [0.4, 0.5) is 5.69 Å². The second-order valence-electron chi connectivity index (χ2n) is 5.08. The van der Waals surface area contributed by atoms with E-state index >= 15 is 0 Å². The van der Waals surface area contributed by atoms with Gasteiger partial charge in [0, 0.05) is 12.2 Å². The summed E-state index contributed by atoms with van der Waals surface area (Å²) in [5.41, 5.74) is 6.00. The molecule has 0 saturated heterocycles. The van der Waals surface area contributed by atoms with E-state index < -0.39 is 0 Å². The zero-order valence-electron chi connectivity index (χ0n) is 10.2. The van der Waals surface area contributed by atoms with Crippen LogP contribution in [-0.4, -0.2) is 6.54 Å².